The summed E-state index contributed by atoms with van der Waals surface area (Å²) in [4.78, 5) is 8.01. The van der Waals surface area contributed by atoms with E-state index in [1.165, 1.54) is 18.2 Å². The van der Waals surface area contributed by atoms with E-state index in [4.69, 9.17) is 16.7 Å². The van der Waals surface area contributed by atoms with Gasteiger partial charge in [0.2, 0.25) is 10.0 Å². The molecule has 0 bridgehead atoms. The molecule has 3 N–H and O–H groups in total. The second-order valence-electron chi connectivity index (χ2n) is 3.74. The first kappa shape index (κ1) is 13.7. The number of hydrogen-bond donors (Lipinski definition) is 2. The zero-order chi connectivity index (χ0) is 13.9. The average Bonchev–Trinajstić information content (AvgIpc) is 2.37. The number of nitrogens with two attached hydrogens (primary N) is 1. The van der Waals surface area contributed by atoms with Gasteiger partial charge in [-0.25, -0.2) is 13.6 Å². The fraction of sp³-hybridized carbons (Fsp3) is 0.0909. The molecule has 0 amide bonds. The monoisotopic (exact) mass is 298 g/mol. The Kier molecular flexibility index (Phi) is 3.98. The quantitative estimate of drug-likeness (QED) is 0.889. The van der Waals surface area contributed by atoms with Gasteiger partial charge in [-0.05, 0) is 18.2 Å². The van der Waals surface area contributed by atoms with E-state index in [0.717, 1.165) is 0 Å². The molecule has 1 aromatic carbocycles. The van der Waals surface area contributed by atoms with Crippen LogP contribution in [0.1, 0.15) is 5.69 Å². The number of sulfonamides is 1. The summed E-state index contributed by atoms with van der Waals surface area (Å²) in [5.74, 6) is 0. The summed E-state index contributed by atoms with van der Waals surface area (Å²) in [6, 6.07) is 4.21. The van der Waals surface area contributed by atoms with Gasteiger partial charge in [0.05, 0.1) is 34.0 Å². The van der Waals surface area contributed by atoms with Crippen LogP contribution in [0.3, 0.4) is 0 Å². The molecule has 8 heteroatoms. The standard InChI is InChI=1S/C11H11ClN4O2S/c12-10-2-1-9(19(13,17)18)5-11(10)16-7-8-6-14-3-4-15-8/h1-6,16H,7H2,(H2,13,17,18). The molecule has 0 unspecified atom stereocenters. The fourth-order valence-corrected chi connectivity index (χ4v) is 2.15. The lowest BCUT2D eigenvalue weighted by atomic mass is 10.3. The Balaban J connectivity index is 2.21. The molecule has 100 valence electrons. The lowest BCUT2D eigenvalue weighted by Crippen LogP contribution is -2.12. The molecule has 2 aromatic rings. The number of nitrogens with zero attached hydrogens (tertiary/aromatic N) is 2. The Bertz CT molecular complexity index is 676. The predicted molar refractivity (Wildman–Crippen MR) is 72.2 cm³/mol. The molecule has 0 saturated carbocycles. The van der Waals surface area contributed by atoms with Crippen LogP contribution in [0.4, 0.5) is 5.69 Å². The number of benzene rings is 1. The first-order chi connectivity index (χ1) is 8.97. The van der Waals surface area contributed by atoms with Gasteiger partial charge in [-0.2, -0.15) is 0 Å². The Morgan fingerprint density at radius 2 is 2.11 bits per heavy atom. The van der Waals surface area contributed by atoms with E-state index < -0.39 is 10.0 Å². The van der Waals surface area contributed by atoms with Crippen molar-refractivity contribution in [3.05, 3.63) is 47.5 Å². The van der Waals surface area contributed by atoms with Gasteiger partial charge in [0.1, 0.15) is 0 Å². The topological polar surface area (TPSA) is 98.0 Å². The molecule has 0 aliphatic carbocycles. The Morgan fingerprint density at radius 3 is 2.74 bits per heavy atom. The third-order valence-electron chi connectivity index (χ3n) is 2.34. The highest BCUT2D eigenvalue weighted by Crippen LogP contribution is 2.25. The largest absolute Gasteiger partial charge is 0.378 e. The maximum absolute atomic E-state index is 11.3. The van der Waals surface area contributed by atoms with E-state index in [9.17, 15) is 8.42 Å². The van der Waals surface area contributed by atoms with Crippen molar-refractivity contribution in [3.63, 3.8) is 0 Å². The van der Waals surface area contributed by atoms with E-state index in [2.05, 4.69) is 15.3 Å². The summed E-state index contributed by atoms with van der Waals surface area (Å²) < 4.78 is 22.5. The third-order valence-corrected chi connectivity index (χ3v) is 3.58. The number of aromatic nitrogens is 2. The molecule has 0 radical (unpaired) electrons. The van der Waals surface area contributed by atoms with Crippen LogP contribution >= 0.6 is 11.6 Å². The van der Waals surface area contributed by atoms with Crippen LogP contribution in [0.2, 0.25) is 5.02 Å². The summed E-state index contributed by atoms with van der Waals surface area (Å²) in [5.41, 5.74) is 1.18. The Labute approximate surface area is 115 Å². The van der Waals surface area contributed by atoms with Crippen molar-refractivity contribution < 1.29 is 8.42 Å². The molecule has 0 spiro atoms. The summed E-state index contributed by atoms with van der Waals surface area (Å²) in [7, 11) is -3.75. The summed E-state index contributed by atoms with van der Waals surface area (Å²) in [6.45, 7) is 0.377. The SMILES string of the molecule is NS(=O)(=O)c1ccc(Cl)c(NCc2cnccn2)c1. The number of halogens is 1. The van der Waals surface area contributed by atoms with Gasteiger partial charge < -0.3 is 5.32 Å². The molecule has 0 aliphatic rings. The maximum Gasteiger partial charge on any atom is 0.238 e. The van der Waals surface area contributed by atoms with Gasteiger partial charge in [0.25, 0.3) is 0 Å². The predicted octanol–water partition coefficient (Wildman–Crippen LogP) is 1.39. The number of nitrogens with one attached hydrogen (secondary N) is 1. The molecule has 0 atom stereocenters. The molecule has 0 aliphatic heterocycles. The van der Waals surface area contributed by atoms with Gasteiger partial charge >= 0.3 is 0 Å². The van der Waals surface area contributed by atoms with Crippen molar-refractivity contribution in [3.8, 4) is 0 Å². The van der Waals surface area contributed by atoms with Crippen molar-refractivity contribution in [1.82, 2.24) is 9.97 Å². The number of primary sulfonamides is 1. The molecule has 19 heavy (non-hydrogen) atoms. The highest BCUT2D eigenvalue weighted by molar-refractivity contribution is 7.89. The number of anilines is 1. The highest BCUT2D eigenvalue weighted by atomic mass is 35.5. The van der Waals surface area contributed by atoms with E-state index in [-0.39, 0.29) is 4.90 Å². The van der Waals surface area contributed by atoms with Gasteiger partial charge in [-0.3, -0.25) is 9.97 Å². The number of rotatable bonds is 4. The summed E-state index contributed by atoms with van der Waals surface area (Å²) in [5, 5.41) is 8.45. The maximum atomic E-state index is 11.3. The summed E-state index contributed by atoms with van der Waals surface area (Å²) >= 11 is 5.98. The van der Waals surface area contributed by atoms with Crippen molar-refractivity contribution in [2.75, 3.05) is 5.32 Å². The van der Waals surface area contributed by atoms with Crippen molar-refractivity contribution in [1.29, 1.82) is 0 Å². The minimum absolute atomic E-state index is 0.00135. The molecular weight excluding hydrogens is 288 g/mol. The molecule has 1 aromatic heterocycles. The van der Waals surface area contributed by atoms with Crippen LogP contribution in [-0.2, 0) is 16.6 Å². The van der Waals surface area contributed by atoms with Crippen LogP contribution in [0, 0.1) is 0 Å². The normalized spacial score (nSPS) is 11.3. The van der Waals surface area contributed by atoms with E-state index in [0.29, 0.717) is 22.9 Å². The summed E-state index contributed by atoms with van der Waals surface area (Å²) in [6.07, 6.45) is 4.74. The minimum atomic E-state index is -3.75. The van der Waals surface area contributed by atoms with Gasteiger partial charge in [-0.1, -0.05) is 11.6 Å². The van der Waals surface area contributed by atoms with Crippen LogP contribution < -0.4 is 10.5 Å². The molecular formula is C11H11ClN4O2S. The second kappa shape index (κ2) is 5.52. The lowest BCUT2D eigenvalue weighted by Gasteiger charge is -2.09. The van der Waals surface area contributed by atoms with Crippen molar-refractivity contribution in [2.24, 2.45) is 5.14 Å². The molecule has 2 rings (SSSR count). The van der Waals surface area contributed by atoms with Crippen LogP contribution in [-0.4, -0.2) is 18.4 Å². The van der Waals surface area contributed by atoms with E-state index in [1.54, 1.807) is 18.6 Å². The highest BCUT2D eigenvalue weighted by Gasteiger charge is 2.10. The second-order valence-corrected chi connectivity index (χ2v) is 5.71. The molecule has 6 nitrogen and oxygen atoms in total. The minimum Gasteiger partial charge on any atom is -0.378 e. The molecule has 0 saturated heterocycles. The first-order valence-electron chi connectivity index (χ1n) is 5.28. The first-order valence-corrected chi connectivity index (χ1v) is 7.20. The molecule has 0 fully saturated rings. The van der Waals surface area contributed by atoms with Crippen LogP contribution in [0.25, 0.3) is 0 Å². The van der Waals surface area contributed by atoms with Gasteiger partial charge in [0.15, 0.2) is 0 Å². The molecule has 1 heterocycles. The van der Waals surface area contributed by atoms with Gasteiger partial charge in [-0.15, -0.1) is 0 Å². The van der Waals surface area contributed by atoms with Crippen LogP contribution in [0.15, 0.2) is 41.7 Å². The van der Waals surface area contributed by atoms with Crippen molar-refractivity contribution >= 4 is 27.3 Å². The van der Waals surface area contributed by atoms with Crippen molar-refractivity contribution in [2.45, 2.75) is 11.4 Å². The third kappa shape index (κ3) is 3.63. The van der Waals surface area contributed by atoms with Gasteiger partial charge in [0, 0.05) is 12.4 Å². The zero-order valence-corrected chi connectivity index (χ0v) is 11.3. The van der Waals surface area contributed by atoms with E-state index in [1.807, 2.05) is 0 Å². The van der Waals surface area contributed by atoms with Crippen LogP contribution in [0.5, 0.6) is 0 Å². The smallest absolute Gasteiger partial charge is 0.238 e. The average molecular weight is 299 g/mol. The Hall–Kier alpha value is -1.70. The Morgan fingerprint density at radius 1 is 1.32 bits per heavy atom. The fourth-order valence-electron chi connectivity index (χ4n) is 1.42. The zero-order valence-electron chi connectivity index (χ0n) is 9.75. The lowest BCUT2D eigenvalue weighted by molar-refractivity contribution is 0.598. The number of hydrogen-bond acceptors (Lipinski definition) is 5. The van der Waals surface area contributed by atoms with E-state index >= 15 is 0 Å².